The number of rotatable bonds is 6. The van der Waals surface area contributed by atoms with E-state index in [4.69, 9.17) is 5.26 Å². The van der Waals surface area contributed by atoms with Crippen molar-refractivity contribution in [3.8, 4) is 6.07 Å². The monoisotopic (exact) mass is 503 g/mol. The maximum absolute atomic E-state index is 13.3. The average Bonchev–Trinajstić information content (AvgIpc) is 2.86. The number of carbonyl (C=O) groups excluding carboxylic acids is 1. The third-order valence-corrected chi connectivity index (χ3v) is 6.45. The van der Waals surface area contributed by atoms with Gasteiger partial charge in [-0.3, -0.25) is 4.90 Å². The first-order valence-corrected chi connectivity index (χ1v) is 11.9. The SMILES string of the molecule is N#Cc1ccc(N[C@H]2CC[C@H](N(C(=O)NCc3ccccc3)c3ccc(Br)cc3)CC2)nc1. The number of nitriles is 1. The van der Waals surface area contributed by atoms with Gasteiger partial charge in [0.1, 0.15) is 11.9 Å². The molecule has 1 saturated carbocycles. The van der Waals surface area contributed by atoms with Crippen molar-refractivity contribution in [2.24, 2.45) is 0 Å². The molecule has 168 valence electrons. The molecule has 2 amide bonds. The minimum absolute atomic E-state index is 0.0775. The van der Waals surface area contributed by atoms with E-state index in [-0.39, 0.29) is 12.1 Å². The predicted molar refractivity (Wildman–Crippen MR) is 134 cm³/mol. The van der Waals surface area contributed by atoms with Gasteiger partial charge < -0.3 is 10.6 Å². The van der Waals surface area contributed by atoms with E-state index in [2.05, 4.69) is 37.6 Å². The average molecular weight is 504 g/mol. The van der Waals surface area contributed by atoms with Gasteiger partial charge in [0.2, 0.25) is 0 Å². The minimum atomic E-state index is -0.0775. The van der Waals surface area contributed by atoms with E-state index in [0.29, 0.717) is 18.2 Å². The van der Waals surface area contributed by atoms with Gasteiger partial charge in [0.05, 0.1) is 5.56 Å². The molecule has 1 aliphatic carbocycles. The summed E-state index contributed by atoms with van der Waals surface area (Å²) < 4.78 is 0.985. The maximum Gasteiger partial charge on any atom is 0.322 e. The van der Waals surface area contributed by atoms with Gasteiger partial charge in [-0.2, -0.15) is 5.26 Å². The van der Waals surface area contributed by atoms with E-state index in [1.54, 1.807) is 12.3 Å². The fraction of sp³-hybridized carbons (Fsp3) is 0.269. The number of benzene rings is 2. The Morgan fingerprint density at radius 1 is 1.03 bits per heavy atom. The predicted octanol–water partition coefficient (Wildman–Crippen LogP) is 5.86. The van der Waals surface area contributed by atoms with Crippen LogP contribution < -0.4 is 15.5 Å². The number of nitrogens with zero attached hydrogens (tertiary/aromatic N) is 3. The van der Waals surface area contributed by atoms with Crippen molar-refractivity contribution in [1.82, 2.24) is 10.3 Å². The third-order valence-electron chi connectivity index (χ3n) is 5.92. The van der Waals surface area contributed by atoms with Gasteiger partial charge in [0.25, 0.3) is 0 Å². The van der Waals surface area contributed by atoms with Crippen molar-refractivity contribution in [2.45, 2.75) is 44.3 Å². The zero-order valence-corrected chi connectivity index (χ0v) is 19.8. The minimum Gasteiger partial charge on any atom is -0.367 e. The van der Waals surface area contributed by atoms with Crippen LogP contribution in [0.15, 0.2) is 77.4 Å². The van der Waals surface area contributed by atoms with Crippen LogP contribution in [-0.2, 0) is 6.54 Å². The number of pyridine rings is 1. The Morgan fingerprint density at radius 3 is 2.39 bits per heavy atom. The van der Waals surface area contributed by atoms with Gasteiger partial charge in [-0.1, -0.05) is 46.3 Å². The van der Waals surface area contributed by atoms with E-state index < -0.39 is 0 Å². The number of anilines is 2. The molecule has 1 heterocycles. The van der Waals surface area contributed by atoms with Crippen molar-refractivity contribution in [2.75, 3.05) is 10.2 Å². The molecule has 0 spiro atoms. The number of amides is 2. The molecular weight excluding hydrogens is 478 g/mol. The van der Waals surface area contributed by atoms with Crippen molar-refractivity contribution < 1.29 is 4.79 Å². The van der Waals surface area contributed by atoms with E-state index >= 15 is 0 Å². The molecule has 3 aromatic rings. The molecule has 1 aromatic heterocycles. The van der Waals surface area contributed by atoms with E-state index in [9.17, 15) is 4.79 Å². The molecule has 0 radical (unpaired) electrons. The molecule has 2 aromatic carbocycles. The van der Waals surface area contributed by atoms with Gasteiger partial charge in [0, 0.05) is 35.0 Å². The highest BCUT2D eigenvalue weighted by Gasteiger charge is 2.30. The van der Waals surface area contributed by atoms with Crippen LogP contribution in [0.1, 0.15) is 36.8 Å². The molecule has 7 heteroatoms. The first-order chi connectivity index (χ1) is 16.1. The topological polar surface area (TPSA) is 81.0 Å². The molecule has 4 rings (SSSR count). The van der Waals surface area contributed by atoms with Crippen LogP contribution in [0.4, 0.5) is 16.3 Å². The van der Waals surface area contributed by atoms with Crippen molar-refractivity contribution in [3.63, 3.8) is 0 Å². The molecule has 0 bridgehead atoms. The normalized spacial score (nSPS) is 17.6. The number of hydrogen-bond donors (Lipinski definition) is 2. The molecule has 1 aliphatic rings. The van der Waals surface area contributed by atoms with E-state index in [0.717, 1.165) is 47.2 Å². The summed E-state index contributed by atoms with van der Waals surface area (Å²) in [5, 5.41) is 15.5. The van der Waals surface area contributed by atoms with Gasteiger partial charge in [-0.25, -0.2) is 9.78 Å². The lowest BCUT2D eigenvalue weighted by Crippen LogP contribution is -2.48. The van der Waals surface area contributed by atoms with Crippen LogP contribution in [-0.4, -0.2) is 23.1 Å². The van der Waals surface area contributed by atoms with E-state index in [1.807, 2.05) is 65.6 Å². The van der Waals surface area contributed by atoms with Crippen LogP contribution in [0.5, 0.6) is 0 Å². The van der Waals surface area contributed by atoms with Crippen LogP contribution in [0.3, 0.4) is 0 Å². The summed E-state index contributed by atoms with van der Waals surface area (Å²) in [6, 6.07) is 23.9. The number of halogens is 1. The number of carbonyl (C=O) groups is 1. The summed E-state index contributed by atoms with van der Waals surface area (Å²) in [6.45, 7) is 0.494. The maximum atomic E-state index is 13.3. The second-order valence-electron chi connectivity index (χ2n) is 8.18. The Morgan fingerprint density at radius 2 is 1.76 bits per heavy atom. The summed E-state index contributed by atoms with van der Waals surface area (Å²) in [4.78, 5) is 19.5. The van der Waals surface area contributed by atoms with Crippen LogP contribution in [0.2, 0.25) is 0 Å². The van der Waals surface area contributed by atoms with Gasteiger partial charge in [0.15, 0.2) is 0 Å². The summed E-state index contributed by atoms with van der Waals surface area (Å²) in [5.41, 5.74) is 2.52. The summed E-state index contributed by atoms with van der Waals surface area (Å²) in [5.74, 6) is 0.780. The Kier molecular flexibility index (Phi) is 7.59. The fourth-order valence-corrected chi connectivity index (χ4v) is 4.45. The molecule has 0 unspecified atom stereocenters. The van der Waals surface area contributed by atoms with Crippen LogP contribution in [0.25, 0.3) is 0 Å². The molecule has 1 fully saturated rings. The Balaban J connectivity index is 1.41. The zero-order valence-electron chi connectivity index (χ0n) is 18.2. The molecule has 0 saturated heterocycles. The summed E-state index contributed by atoms with van der Waals surface area (Å²) in [7, 11) is 0. The lowest BCUT2D eigenvalue weighted by molar-refractivity contribution is 0.240. The molecule has 0 aliphatic heterocycles. The van der Waals surface area contributed by atoms with Crippen LogP contribution in [0, 0.1) is 11.3 Å². The largest absolute Gasteiger partial charge is 0.367 e. The third kappa shape index (κ3) is 6.11. The number of nitrogens with one attached hydrogen (secondary N) is 2. The van der Waals surface area contributed by atoms with Gasteiger partial charge >= 0.3 is 6.03 Å². The first-order valence-electron chi connectivity index (χ1n) is 11.1. The smallest absolute Gasteiger partial charge is 0.322 e. The highest BCUT2D eigenvalue weighted by Crippen LogP contribution is 2.30. The highest BCUT2D eigenvalue weighted by molar-refractivity contribution is 9.10. The molecule has 0 atom stereocenters. The van der Waals surface area contributed by atoms with Crippen molar-refractivity contribution >= 4 is 33.5 Å². The number of urea groups is 1. The number of aromatic nitrogens is 1. The lowest BCUT2D eigenvalue weighted by atomic mass is 9.90. The molecule has 6 nitrogen and oxygen atoms in total. The first kappa shape index (κ1) is 22.8. The highest BCUT2D eigenvalue weighted by atomic mass is 79.9. The molecule has 2 N–H and O–H groups in total. The van der Waals surface area contributed by atoms with Crippen molar-refractivity contribution in [1.29, 1.82) is 5.26 Å². The van der Waals surface area contributed by atoms with Gasteiger partial charge in [-0.15, -0.1) is 0 Å². The second kappa shape index (κ2) is 11.0. The molecule has 33 heavy (non-hydrogen) atoms. The lowest BCUT2D eigenvalue weighted by Gasteiger charge is -2.37. The fourth-order valence-electron chi connectivity index (χ4n) is 4.19. The molecular formula is C26H26BrN5O. The summed E-state index contributed by atoms with van der Waals surface area (Å²) >= 11 is 3.49. The zero-order chi connectivity index (χ0) is 23.0. The summed E-state index contributed by atoms with van der Waals surface area (Å²) in [6.07, 6.45) is 5.24. The quantitative estimate of drug-likeness (QED) is 0.441. The van der Waals surface area contributed by atoms with Gasteiger partial charge in [-0.05, 0) is 67.6 Å². The van der Waals surface area contributed by atoms with Crippen molar-refractivity contribution in [3.05, 3.63) is 88.5 Å². The van der Waals surface area contributed by atoms with E-state index in [1.165, 1.54) is 0 Å². The Bertz CT molecular complexity index is 1090. The second-order valence-corrected chi connectivity index (χ2v) is 9.10. The van der Waals surface area contributed by atoms with Crippen LogP contribution >= 0.6 is 15.9 Å². The Labute approximate surface area is 202 Å². The number of hydrogen-bond acceptors (Lipinski definition) is 4. The Hall–Kier alpha value is -3.37. The standard InChI is InChI=1S/C26H26BrN5O/c27-21-7-11-23(12-8-21)32(26(33)30-17-19-4-2-1-3-5-19)24-13-9-22(10-14-24)31-25-15-6-20(16-28)18-29-25/h1-8,11-12,15,18,22,24H,9-10,13-14,17H2,(H,29,31)(H,30,33)/t22-,24-.